The average molecular weight is 319 g/mol. The minimum Gasteiger partial charge on any atom is -0.504 e. The molecule has 0 aliphatic carbocycles. The van der Waals surface area contributed by atoms with Crippen LogP contribution < -0.4 is 10.2 Å². The van der Waals surface area contributed by atoms with E-state index in [0.717, 1.165) is 5.56 Å². The van der Waals surface area contributed by atoms with Gasteiger partial charge in [0, 0.05) is 5.02 Å². The van der Waals surface area contributed by atoms with Crippen LogP contribution in [0.2, 0.25) is 5.02 Å². The number of amides is 1. The zero-order valence-corrected chi connectivity index (χ0v) is 12.7. The predicted octanol–water partition coefficient (Wildman–Crippen LogP) is 2.75. The summed E-state index contributed by atoms with van der Waals surface area (Å²) in [6.45, 7) is 0. The topological polar surface area (TPSA) is 70.9 Å². The molecule has 0 aliphatic rings. The zero-order chi connectivity index (χ0) is 15.9. The number of benzene rings is 2. The molecule has 2 N–H and O–H groups in total. The van der Waals surface area contributed by atoms with Crippen LogP contribution in [0.4, 0.5) is 0 Å². The van der Waals surface area contributed by atoms with E-state index in [2.05, 4.69) is 10.5 Å². The second-order valence-electron chi connectivity index (χ2n) is 4.53. The maximum Gasteiger partial charge on any atom is 0.244 e. The van der Waals surface area contributed by atoms with Crippen molar-refractivity contribution >= 4 is 23.7 Å². The molecule has 0 radical (unpaired) electrons. The van der Waals surface area contributed by atoms with Gasteiger partial charge in [-0.05, 0) is 41.5 Å². The normalized spacial score (nSPS) is 10.6. The molecular formula is C16H15ClN2O3. The Kier molecular flexibility index (Phi) is 5.38. The van der Waals surface area contributed by atoms with Gasteiger partial charge in [-0.15, -0.1) is 0 Å². The molecule has 0 heterocycles. The van der Waals surface area contributed by atoms with Crippen molar-refractivity contribution in [2.24, 2.45) is 5.10 Å². The Morgan fingerprint density at radius 3 is 2.68 bits per heavy atom. The number of methoxy groups -OCH3 is 1. The first-order valence-corrected chi connectivity index (χ1v) is 6.89. The van der Waals surface area contributed by atoms with Gasteiger partial charge in [0.05, 0.1) is 19.7 Å². The Bertz CT molecular complexity index is 684. The predicted molar refractivity (Wildman–Crippen MR) is 85.6 cm³/mol. The summed E-state index contributed by atoms with van der Waals surface area (Å²) in [5.41, 5.74) is 3.92. The molecule has 0 spiro atoms. The van der Waals surface area contributed by atoms with Crippen LogP contribution in [-0.2, 0) is 11.2 Å². The lowest BCUT2D eigenvalue weighted by atomic mass is 10.1. The number of phenolic OH excluding ortho intramolecular Hbond substituents is 1. The second kappa shape index (κ2) is 7.47. The lowest BCUT2D eigenvalue weighted by Crippen LogP contribution is -2.19. The molecule has 6 heteroatoms. The van der Waals surface area contributed by atoms with E-state index in [4.69, 9.17) is 16.3 Å². The number of ether oxygens (including phenoxy) is 1. The van der Waals surface area contributed by atoms with Crippen LogP contribution in [0.1, 0.15) is 11.1 Å². The molecule has 2 aromatic carbocycles. The van der Waals surface area contributed by atoms with E-state index in [0.29, 0.717) is 16.3 Å². The first kappa shape index (κ1) is 15.9. The third kappa shape index (κ3) is 4.49. The minimum atomic E-state index is -0.240. The first-order valence-electron chi connectivity index (χ1n) is 6.52. The molecule has 2 rings (SSSR count). The summed E-state index contributed by atoms with van der Waals surface area (Å²) in [6, 6.07) is 11.9. The fraction of sp³-hybridized carbons (Fsp3) is 0.125. The summed E-state index contributed by atoms with van der Waals surface area (Å²) >= 11 is 5.78. The number of nitrogens with zero attached hydrogens (tertiary/aromatic N) is 1. The molecule has 5 nitrogen and oxygen atoms in total. The number of aromatic hydroxyl groups is 1. The molecule has 2 aromatic rings. The highest BCUT2D eigenvalue weighted by Crippen LogP contribution is 2.25. The molecule has 0 saturated heterocycles. The third-order valence-electron chi connectivity index (χ3n) is 2.88. The lowest BCUT2D eigenvalue weighted by molar-refractivity contribution is -0.120. The fourth-order valence-corrected chi connectivity index (χ4v) is 1.92. The summed E-state index contributed by atoms with van der Waals surface area (Å²) < 4.78 is 4.94. The Hall–Kier alpha value is -2.53. The zero-order valence-electron chi connectivity index (χ0n) is 11.9. The SMILES string of the molecule is COc1ccc(/C=N/NC(=O)Cc2ccc(Cl)cc2)cc1O. The smallest absolute Gasteiger partial charge is 0.244 e. The number of hydrogen-bond acceptors (Lipinski definition) is 4. The maximum absolute atomic E-state index is 11.7. The number of hydrazone groups is 1. The highest BCUT2D eigenvalue weighted by Gasteiger charge is 2.03. The van der Waals surface area contributed by atoms with Crippen LogP contribution in [0, 0.1) is 0 Å². The van der Waals surface area contributed by atoms with Crippen molar-refractivity contribution in [3.8, 4) is 11.5 Å². The second-order valence-corrected chi connectivity index (χ2v) is 4.96. The van der Waals surface area contributed by atoms with Gasteiger partial charge < -0.3 is 9.84 Å². The van der Waals surface area contributed by atoms with Crippen molar-refractivity contribution in [3.63, 3.8) is 0 Å². The highest BCUT2D eigenvalue weighted by atomic mass is 35.5. The van der Waals surface area contributed by atoms with Gasteiger partial charge in [0.25, 0.3) is 0 Å². The molecule has 0 bridgehead atoms. The quantitative estimate of drug-likeness (QED) is 0.658. The Balaban J connectivity index is 1.90. The van der Waals surface area contributed by atoms with Gasteiger partial charge in [-0.2, -0.15) is 5.10 Å². The molecule has 0 atom stereocenters. The van der Waals surface area contributed by atoms with Crippen LogP contribution in [0.25, 0.3) is 0 Å². The number of phenols is 1. The van der Waals surface area contributed by atoms with E-state index >= 15 is 0 Å². The molecule has 0 aromatic heterocycles. The van der Waals surface area contributed by atoms with Crippen molar-refractivity contribution in [1.82, 2.24) is 5.43 Å². The number of carbonyl (C=O) groups is 1. The number of halogens is 1. The molecular weight excluding hydrogens is 304 g/mol. The van der Waals surface area contributed by atoms with Crippen LogP contribution >= 0.6 is 11.6 Å². The molecule has 0 fully saturated rings. The molecule has 0 unspecified atom stereocenters. The average Bonchev–Trinajstić information content (AvgIpc) is 2.50. The largest absolute Gasteiger partial charge is 0.504 e. The number of nitrogens with one attached hydrogen (secondary N) is 1. The van der Waals surface area contributed by atoms with Gasteiger partial charge in [0.2, 0.25) is 5.91 Å². The molecule has 1 amide bonds. The van der Waals surface area contributed by atoms with E-state index in [1.807, 2.05) is 0 Å². The van der Waals surface area contributed by atoms with Crippen molar-refractivity contribution in [3.05, 3.63) is 58.6 Å². The van der Waals surface area contributed by atoms with Crippen LogP contribution in [-0.4, -0.2) is 24.3 Å². The van der Waals surface area contributed by atoms with Crippen molar-refractivity contribution in [1.29, 1.82) is 0 Å². The molecule has 0 aliphatic heterocycles. The van der Waals surface area contributed by atoms with Crippen LogP contribution in [0.3, 0.4) is 0 Å². The summed E-state index contributed by atoms with van der Waals surface area (Å²) in [5.74, 6) is 0.152. The van der Waals surface area contributed by atoms with Gasteiger partial charge in [-0.25, -0.2) is 5.43 Å². The number of rotatable bonds is 5. The van der Waals surface area contributed by atoms with Crippen molar-refractivity contribution < 1.29 is 14.6 Å². The molecule has 114 valence electrons. The van der Waals surface area contributed by atoms with Gasteiger partial charge in [-0.3, -0.25) is 4.79 Å². The Morgan fingerprint density at radius 2 is 2.05 bits per heavy atom. The van der Waals surface area contributed by atoms with Crippen LogP contribution in [0.5, 0.6) is 11.5 Å². The molecule has 22 heavy (non-hydrogen) atoms. The van der Waals surface area contributed by atoms with E-state index < -0.39 is 0 Å². The fourth-order valence-electron chi connectivity index (χ4n) is 1.79. The van der Waals surface area contributed by atoms with E-state index in [1.54, 1.807) is 36.4 Å². The minimum absolute atomic E-state index is 0.0129. The monoisotopic (exact) mass is 318 g/mol. The van der Waals surface area contributed by atoms with E-state index in [9.17, 15) is 9.90 Å². The third-order valence-corrected chi connectivity index (χ3v) is 3.14. The van der Waals surface area contributed by atoms with Gasteiger partial charge in [0.1, 0.15) is 0 Å². The van der Waals surface area contributed by atoms with Gasteiger partial charge in [0.15, 0.2) is 11.5 Å². The van der Waals surface area contributed by atoms with Gasteiger partial charge in [-0.1, -0.05) is 23.7 Å². The first-order chi connectivity index (χ1) is 10.6. The highest BCUT2D eigenvalue weighted by molar-refractivity contribution is 6.30. The standard InChI is InChI=1S/C16H15ClN2O3/c1-22-15-7-4-12(8-14(15)20)10-18-19-16(21)9-11-2-5-13(17)6-3-11/h2-8,10,20H,9H2,1H3,(H,19,21)/b18-10+. The summed E-state index contributed by atoms with van der Waals surface area (Å²) in [6.07, 6.45) is 1.65. The maximum atomic E-state index is 11.7. The summed E-state index contributed by atoms with van der Waals surface area (Å²) in [4.78, 5) is 11.7. The van der Waals surface area contributed by atoms with Crippen molar-refractivity contribution in [2.75, 3.05) is 7.11 Å². The Morgan fingerprint density at radius 1 is 1.32 bits per heavy atom. The molecule has 0 saturated carbocycles. The van der Waals surface area contributed by atoms with E-state index in [1.165, 1.54) is 19.4 Å². The van der Waals surface area contributed by atoms with Crippen LogP contribution in [0.15, 0.2) is 47.6 Å². The van der Waals surface area contributed by atoms with Crippen molar-refractivity contribution in [2.45, 2.75) is 6.42 Å². The summed E-state index contributed by atoms with van der Waals surface area (Å²) in [7, 11) is 1.47. The van der Waals surface area contributed by atoms with E-state index in [-0.39, 0.29) is 18.1 Å². The number of hydrogen-bond donors (Lipinski definition) is 2. The van der Waals surface area contributed by atoms with Gasteiger partial charge >= 0.3 is 0 Å². The summed E-state index contributed by atoms with van der Waals surface area (Å²) in [5, 5.41) is 14.1. The lowest BCUT2D eigenvalue weighted by Gasteiger charge is -2.03. The number of carbonyl (C=O) groups excluding carboxylic acids is 1. The Labute approximate surface area is 133 Å².